The van der Waals surface area contributed by atoms with Gasteiger partial charge in [-0.1, -0.05) is 18.2 Å². The molecule has 16 nitrogen and oxygen atoms in total. The topological polar surface area (TPSA) is 210 Å². The molecule has 1 aliphatic heterocycles. The Morgan fingerprint density at radius 3 is 1.03 bits per heavy atom. The second kappa shape index (κ2) is 22.2. The molecule has 0 unspecified atom stereocenters. The summed E-state index contributed by atoms with van der Waals surface area (Å²) in [4.78, 5) is 81.4. The molecule has 362 valence electrons. The zero-order valence-corrected chi connectivity index (χ0v) is 40.6. The van der Waals surface area contributed by atoms with Gasteiger partial charge in [0.05, 0.1) is 17.1 Å². The number of carbonyl (C=O) groups is 5. The van der Waals surface area contributed by atoms with Crippen LogP contribution < -0.4 is 16.0 Å². The summed E-state index contributed by atoms with van der Waals surface area (Å²) in [5.74, 6) is -2.80. The average molecular weight is 946 g/mol. The molecular weight excluding hydrogens is 887 g/mol. The normalized spacial score (nSPS) is 13.7. The molecular formula is C54H59N9O7. The molecule has 0 spiro atoms. The molecule has 7 rings (SSSR count). The molecule has 5 N–H and O–H groups in total. The van der Waals surface area contributed by atoms with Crippen molar-refractivity contribution in [2.45, 2.75) is 68.1 Å². The number of carbonyl (C=O) groups excluding carboxylic acids is 3. The van der Waals surface area contributed by atoms with E-state index in [4.69, 9.17) is 4.98 Å². The molecule has 0 bridgehead atoms. The highest BCUT2D eigenvalue weighted by Crippen LogP contribution is 2.31. The predicted octanol–water partition coefficient (Wildman–Crippen LogP) is 8.20. The molecule has 70 heavy (non-hydrogen) atoms. The van der Waals surface area contributed by atoms with Gasteiger partial charge in [-0.25, -0.2) is 19.6 Å². The van der Waals surface area contributed by atoms with Crippen molar-refractivity contribution in [3.8, 4) is 33.4 Å². The van der Waals surface area contributed by atoms with Crippen molar-refractivity contribution in [3.05, 3.63) is 142 Å². The number of carboxylic acids is 2. The van der Waals surface area contributed by atoms with Crippen molar-refractivity contribution in [2.75, 3.05) is 55.2 Å². The molecule has 1 fully saturated rings. The van der Waals surface area contributed by atoms with Gasteiger partial charge in [0.15, 0.2) is 0 Å². The van der Waals surface area contributed by atoms with Crippen LogP contribution in [0.3, 0.4) is 0 Å². The molecule has 0 saturated carbocycles. The Bertz CT molecular complexity index is 2850. The number of carboxylic acid groups (broad SMARTS) is 2. The van der Waals surface area contributed by atoms with Crippen LogP contribution in [-0.2, 0) is 34.0 Å². The van der Waals surface area contributed by atoms with Crippen LogP contribution in [0.4, 0.5) is 17.1 Å². The molecule has 0 atom stereocenters. The van der Waals surface area contributed by atoms with Gasteiger partial charge in [0.2, 0.25) is 17.7 Å². The van der Waals surface area contributed by atoms with Crippen LogP contribution in [0.5, 0.6) is 0 Å². The molecule has 16 heteroatoms. The SMILES string of the molecule is CC(=O)Nc1ccc(-c2cc(C)nc(CN3CCN(Cc4cc(-c5ccc(NC(C)=O)cc5C)cc(C(=O)O)n4)CCN(Cc4cc(-c5ccc(NC(C)=O)cc5C)cc(C(=O)O)n4)CC3)c2)c(C)c1. The zero-order chi connectivity index (χ0) is 50.2. The van der Waals surface area contributed by atoms with Crippen molar-refractivity contribution >= 4 is 46.7 Å². The van der Waals surface area contributed by atoms with Crippen LogP contribution in [0.25, 0.3) is 33.4 Å². The summed E-state index contributed by atoms with van der Waals surface area (Å²) in [5, 5.41) is 28.9. The summed E-state index contributed by atoms with van der Waals surface area (Å²) < 4.78 is 0. The first-order valence-electron chi connectivity index (χ1n) is 23.1. The van der Waals surface area contributed by atoms with Gasteiger partial charge in [-0.2, -0.15) is 0 Å². The van der Waals surface area contributed by atoms with Gasteiger partial charge in [-0.05, 0) is 151 Å². The number of benzene rings is 3. The lowest BCUT2D eigenvalue weighted by molar-refractivity contribution is -0.115. The van der Waals surface area contributed by atoms with E-state index in [0.717, 1.165) is 56.0 Å². The van der Waals surface area contributed by atoms with Crippen LogP contribution >= 0.6 is 0 Å². The number of nitrogens with one attached hydrogen (secondary N) is 3. The second-order valence-electron chi connectivity index (χ2n) is 18.0. The number of aromatic carboxylic acids is 2. The third kappa shape index (κ3) is 13.3. The Morgan fingerprint density at radius 2 is 0.743 bits per heavy atom. The minimum absolute atomic E-state index is 0.0770. The van der Waals surface area contributed by atoms with Gasteiger partial charge >= 0.3 is 11.9 Å². The maximum atomic E-state index is 12.5. The van der Waals surface area contributed by atoms with Gasteiger partial charge in [0, 0.05) is 102 Å². The van der Waals surface area contributed by atoms with Crippen LogP contribution in [0.2, 0.25) is 0 Å². The third-order valence-electron chi connectivity index (χ3n) is 12.1. The quantitative estimate of drug-likeness (QED) is 0.0698. The summed E-state index contributed by atoms with van der Waals surface area (Å²) in [6, 6.07) is 28.1. The summed E-state index contributed by atoms with van der Waals surface area (Å²) in [6.07, 6.45) is 0. The zero-order valence-electron chi connectivity index (χ0n) is 40.6. The first-order valence-corrected chi connectivity index (χ1v) is 23.1. The minimum atomic E-state index is -1.14. The second-order valence-corrected chi connectivity index (χ2v) is 18.0. The van der Waals surface area contributed by atoms with Gasteiger partial charge in [0.1, 0.15) is 11.4 Å². The van der Waals surface area contributed by atoms with Gasteiger partial charge in [-0.15, -0.1) is 0 Å². The highest BCUT2D eigenvalue weighted by molar-refractivity contribution is 5.92. The van der Waals surface area contributed by atoms with Gasteiger partial charge < -0.3 is 26.2 Å². The molecule has 3 aromatic heterocycles. The summed E-state index contributed by atoms with van der Waals surface area (Å²) in [7, 11) is 0. The van der Waals surface area contributed by atoms with Crippen LogP contribution in [0, 0.1) is 27.7 Å². The number of aryl methyl sites for hydroxylation is 4. The highest BCUT2D eigenvalue weighted by Gasteiger charge is 2.22. The number of hydrogen-bond acceptors (Lipinski definition) is 11. The largest absolute Gasteiger partial charge is 0.477 e. The lowest BCUT2D eigenvalue weighted by atomic mass is 9.99. The summed E-state index contributed by atoms with van der Waals surface area (Å²) >= 11 is 0. The fraction of sp³-hybridized carbons (Fsp3) is 0.296. The predicted molar refractivity (Wildman–Crippen MR) is 271 cm³/mol. The number of anilines is 3. The highest BCUT2D eigenvalue weighted by atomic mass is 16.4. The number of nitrogens with zero attached hydrogens (tertiary/aromatic N) is 6. The minimum Gasteiger partial charge on any atom is -0.477 e. The Morgan fingerprint density at radius 1 is 0.443 bits per heavy atom. The van der Waals surface area contributed by atoms with Crippen molar-refractivity contribution < 1.29 is 34.2 Å². The molecule has 4 heterocycles. The fourth-order valence-electron chi connectivity index (χ4n) is 8.99. The molecule has 3 amide bonds. The van der Waals surface area contributed by atoms with E-state index in [-0.39, 0.29) is 29.1 Å². The number of aromatic nitrogens is 3. The van der Waals surface area contributed by atoms with Crippen molar-refractivity contribution in [1.82, 2.24) is 29.7 Å². The third-order valence-corrected chi connectivity index (χ3v) is 12.1. The standard InChI is InChI=1S/C54H59N9O7/c1-32-20-42(56-36(5)64)8-11-48(32)39-23-35(4)55-45(24-39)29-61-14-16-62(30-46-25-40(27-51(59-46)53(67)68)49-12-9-43(21-33(49)2)57-37(6)65)18-19-63(17-15-61)31-47-26-41(28-52(60-47)54(69)70)50-13-10-44(22-34(50)3)58-38(7)66/h8-13,20-28H,14-19,29-31H2,1-7H3,(H,56,64)(H,57,65)(H,58,66)(H,67,68)(H,69,70). The number of hydrogen-bond donors (Lipinski definition) is 5. The van der Waals surface area contributed by atoms with Crippen LogP contribution in [0.15, 0.2) is 91.0 Å². The van der Waals surface area contributed by atoms with Crippen molar-refractivity contribution in [3.63, 3.8) is 0 Å². The molecule has 0 aliphatic carbocycles. The van der Waals surface area contributed by atoms with E-state index in [2.05, 4.69) is 52.8 Å². The van der Waals surface area contributed by atoms with E-state index in [0.29, 0.717) is 92.8 Å². The van der Waals surface area contributed by atoms with Crippen molar-refractivity contribution in [2.24, 2.45) is 0 Å². The maximum Gasteiger partial charge on any atom is 0.354 e. The molecule has 1 aliphatic rings. The van der Waals surface area contributed by atoms with E-state index in [9.17, 15) is 34.2 Å². The Balaban J connectivity index is 1.21. The monoisotopic (exact) mass is 945 g/mol. The smallest absolute Gasteiger partial charge is 0.354 e. The molecule has 0 radical (unpaired) electrons. The van der Waals surface area contributed by atoms with E-state index < -0.39 is 11.9 Å². The number of rotatable bonds is 14. The Kier molecular flexibility index (Phi) is 15.9. The lowest BCUT2D eigenvalue weighted by Gasteiger charge is -2.26. The molecule has 3 aromatic carbocycles. The summed E-state index contributed by atoms with van der Waals surface area (Å²) in [6.45, 7) is 17.2. The van der Waals surface area contributed by atoms with Gasteiger partial charge in [-0.3, -0.25) is 34.1 Å². The first kappa shape index (κ1) is 50.2. The van der Waals surface area contributed by atoms with E-state index >= 15 is 0 Å². The van der Waals surface area contributed by atoms with Crippen LogP contribution in [0.1, 0.15) is 81.2 Å². The fourth-order valence-corrected chi connectivity index (χ4v) is 8.99. The maximum absolute atomic E-state index is 12.5. The van der Waals surface area contributed by atoms with Gasteiger partial charge in [0.25, 0.3) is 0 Å². The first-order chi connectivity index (χ1) is 33.3. The molecule has 6 aromatic rings. The number of pyridine rings is 3. The summed E-state index contributed by atoms with van der Waals surface area (Å²) in [5.41, 5.74) is 12.6. The van der Waals surface area contributed by atoms with E-state index in [1.807, 2.05) is 82.3 Å². The average Bonchev–Trinajstić information content (AvgIpc) is 3.36. The van der Waals surface area contributed by atoms with E-state index in [1.54, 1.807) is 24.3 Å². The number of amides is 3. The van der Waals surface area contributed by atoms with Crippen LogP contribution in [-0.4, -0.2) is 109 Å². The van der Waals surface area contributed by atoms with E-state index in [1.165, 1.54) is 20.8 Å². The Hall–Kier alpha value is -7.66. The molecule has 1 saturated heterocycles. The Labute approximate surface area is 407 Å². The lowest BCUT2D eigenvalue weighted by Crippen LogP contribution is -2.36. The van der Waals surface area contributed by atoms with Crippen molar-refractivity contribution in [1.29, 1.82) is 0 Å².